The molecule has 3 aliphatic heterocycles. The van der Waals surface area contributed by atoms with Crippen LogP contribution < -0.4 is 20.0 Å². The summed E-state index contributed by atoms with van der Waals surface area (Å²) in [5.74, 6) is -7.41. The monoisotopic (exact) mass is 987 g/mol. The molecule has 4 amide bonds. The predicted molar refractivity (Wildman–Crippen MR) is 226 cm³/mol. The fourth-order valence-electron chi connectivity index (χ4n) is 9.96. The van der Waals surface area contributed by atoms with Crippen molar-refractivity contribution in [1.82, 2.24) is 9.99 Å². The number of methoxy groups -OCH3 is 1. The van der Waals surface area contributed by atoms with Crippen molar-refractivity contribution in [1.29, 1.82) is 0 Å². The summed E-state index contributed by atoms with van der Waals surface area (Å²) >= 11 is 14.6. The molecule has 6 unspecified atom stereocenters. The average Bonchev–Trinajstić information content (AvgIpc) is 3.63. The number of ether oxygens (including phenoxy) is 2. The number of anilines is 3. The zero-order valence-corrected chi connectivity index (χ0v) is 35.8. The minimum Gasteiger partial charge on any atom is -0.504 e. The van der Waals surface area contributed by atoms with E-state index in [9.17, 15) is 27.9 Å². The molecule has 3 aromatic carbocycles. The van der Waals surface area contributed by atoms with Crippen LogP contribution in [0.15, 0.2) is 84.6 Å². The first-order valence-electron chi connectivity index (χ1n) is 19.4. The lowest BCUT2D eigenvalue weighted by atomic mass is 9.49. The van der Waals surface area contributed by atoms with Crippen molar-refractivity contribution < 1.29 is 46.9 Å². The van der Waals surface area contributed by atoms with Crippen molar-refractivity contribution >= 4 is 86.6 Å². The second-order valence-electron chi connectivity index (χ2n) is 15.6. The van der Waals surface area contributed by atoms with Crippen LogP contribution in [0.2, 0.25) is 10.0 Å². The third kappa shape index (κ3) is 6.63. The number of fused-ring (bicyclic) bond motifs is 4. The zero-order chi connectivity index (χ0) is 43.1. The van der Waals surface area contributed by atoms with E-state index in [0.29, 0.717) is 69.5 Å². The van der Waals surface area contributed by atoms with E-state index in [1.54, 1.807) is 48.5 Å². The van der Waals surface area contributed by atoms with Crippen LogP contribution in [0, 0.1) is 27.2 Å². The largest absolute Gasteiger partial charge is 0.504 e. The molecule has 2 N–H and O–H groups in total. The molecule has 9 rings (SSSR count). The Balaban J connectivity index is 1.18. The summed E-state index contributed by atoms with van der Waals surface area (Å²) in [7, 11) is 1.38. The quantitative estimate of drug-likeness (QED) is 0.107. The second kappa shape index (κ2) is 15.5. The van der Waals surface area contributed by atoms with E-state index in [0.717, 1.165) is 10.7 Å². The van der Waals surface area contributed by atoms with Crippen molar-refractivity contribution in [3.63, 3.8) is 0 Å². The van der Waals surface area contributed by atoms with Gasteiger partial charge >= 0.3 is 6.18 Å². The lowest BCUT2D eigenvalue weighted by Crippen LogP contribution is -2.53. The van der Waals surface area contributed by atoms with Gasteiger partial charge in [0.1, 0.15) is 0 Å². The van der Waals surface area contributed by atoms with Crippen LogP contribution in [0.25, 0.3) is 0 Å². The van der Waals surface area contributed by atoms with Crippen LogP contribution in [0.4, 0.5) is 30.4 Å². The number of phenols is 1. The van der Waals surface area contributed by atoms with E-state index >= 15 is 9.59 Å². The van der Waals surface area contributed by atoms with Crippen LogP contribution in [0.5, 0.6) is 11.5 Å². The highest BCUT2D eigenvalue weighted by atomic mass is 127. The lowest BCUT2D eigenvalue weighted by Gasteiger charge is -2.50. The van der Waals surface area contributed by atoms with E-state index in [4.69, 9.17) is 32.7 Å². The number of amides is 4. The maximum absolute atomic E-state index is 15.5. The summed E-state index contributed by atoms with van der Waals surface area (Å²) in [5.41, 5.74) is 2.56. The van der Waals surface area contributed by atoms with Crippen molar-refractivity contribution in [2.45, 2.75) is 30.4 Å². The van der Waals surface area contributed by atoms with Crippen LogP contribution in [0.1, 0.15) is 35.4 Å². The molecule has 4 heterocycles. The second-order valence-corrected chi connectivity index (χ2v) is 17.6. The molecule has 18 heteroatoms. The Morgan fingerprint density at radius 1 is 0.934 bits per heavy atom. The highest BCUT2D eigenvalue weighted by Gasteiger charge is 2.70. The molecule has 1 aromatic heterocycles. The fraction of sp³-hybridized carbons (Fsp3) is 0.326. The number of nitrogens with one attached hydrogen (secondary N) is 1. The lowest BCUT2D eigenvalue weighted by molar-refractivity contribution is -0.139. The number of hydrogen-bond acceptors (Lipinski definition) is 10. The van der Waals surface area contributed by atoms with Gasteiger partial charge in [-0.25, -0.2) is 4.98 Å². The first-order valence-corrected chi connectivity index (χ1v) is 21.2. The smallest absolute Gasteiger partial charge is 0.417 e. The fourth-order valence-corrected chi connectivity index (χ4v) is 10.9. The third-order valence-electron chi connectivity index (χ3n) is 12.6. The number of carbonyl (C=O) groups excluding carboxylic acids is 4. The number of aromatic nitrogens is 1. The molecule has 0 spiro atoms. The van der Waals surface area contributed by atoms with Gasteiger partial charge in [-0.1, -0.05) is 47.0 Å². The Bertz CT molecular complexity index is 2520. The van der Waals surface area contributed by atoms with Gasteiger partial charge in [0.05, 0.1) is 63.3 Å². The summed E-state index contributed by atoms with van der Waals surface area (Å²) in [6.45, 7) is 2.58. The van der Waals surface area contributed by atoms with Gasteiger partial charge in [0, 0.05) is 35.9 Å². The maximum Gasteiger partial charge on any atom is 0.417 e. The van der Waals surface area contributed by atoms with Gasteiger partial charge in [-0.3, -0.25) is 29.5 Å². The van der Waals surface area contributed by atoms with Crippen molar-refractivity contribution in [2.24, 2.45) is 23.7 Å². The molecule has 61 heavy (non-hydrogen) atoms. The van der Waals surface area contributed by atoms with Gasteiger partial charge in [0.15, 0.2) is 17.3 Å². The molecule has 4 aromatic rings. The summed E-state index contributed by atoms with van der Waals surface area (Å²) in [4.78, 5) is 66.9. The minimum atomic E-state index is -4.76. The number of carbonyl (C=O) groups is 4. The number of allylic oxidation sites excluding steroid dienone is 2. The SMILES string of the molecule is COc1cc(C2C3=CCC4C(=O)N(c5ccc(N6CCOCC6)cc5)C(=O)C4C3CC3C(=O)N(Nc4ncc(C(F)(F)F)cc4Cl)C(=O)C32c2ccc(Cl)cc2)cc(I)c1O. The summed E-state index contributed by atoms with van der Waals surface area (Å²) in [5, 5.41) is 11.6. The minimum absolute atomic E-state index is 0.0573. The first kappa shape index (κ1) is 41.4. The van der Waals surface area contributed by atoms with E-state index in [1.165, 1.54) is 12.0 Å². The van der Waals surface area contributed by atoms with Crippen LogP contribution in [-0.2, 0) is 35.5 Å². The molecule has 1 saturated carbocycles. The molecule has 3 saturated heterocycles. The molecule has 12 nitrogen and oxygen atoms in total. The molecular weight excluding hydrogens is 953 g/mol. The van der Waals surface area contributed by atoms with E-state index in [2.05, 4.69) is 15.3 Å². The van der Waals surface area contributed by atoms with Gasteiger partial charge in [-0.05, 0) is 107 Å². The number of imide groups is 2. The number of nitrogens with zero attached hydrogens (tertiary/aromatic N) is 4. The number of halogens is 6. The van der Waals surface area contributed by atoms with Crippen molar-refractivity contribution in [3.8, 4) is 11.5 Å². The molecule has 316 valence electrons. The number of hydrogen-bond donors (Lipinski definition) is 2. The van der Waals surface area contributed by atoms with Crippen LogP contribution in [-0.4, -0.2) is 72.1 Å². The predicted octanol–water partition coefficient (Wildman–Crippen LogP) is 7.75. The summed E-state index contributed by atoms with van der Waals surface area (Å²) < 4.78 is 52.2. The number of pyridine rings is 1. The normalized spacial score (nSPS) is 26.2. The van der Waals surface area contributed by atoms with Crippen molar-refractivity contribution in [2.75, 3.05) is 48.6 Å². The highest BCUT2D eigenvalue weighted by molar-refractivity contribution is 14.1. The number of phenolic OH excluding ortho intramolecular Hbond substituents is 1. The molecule has 5 aliphatic rings. The van der Waals surface area contributed by atoms with Gasteiger partial charge in [-0.15, -0.1) is 0 Å². The zero-order valence-electron chi connectivity index (χ0n) is 32.1. The van der Waals surface area contributed by atoms with E-state index < -0.39 is 69.5 Å². The standard InChI is InChI=1S/C43H35Cl2F3IN5O7/c1-60-33-17-21(16-32(49)36(33)55)35-27-10-11-28-34(40(58)53(38(28)56)26-8-6-25(7-9-26)52-12-14-61-15-13-52)29(27)19-30-39(57)54(41(59)42(30,35)22-2-4-24(44)5-3-22)51-37-31(45)18-23(20-50-37)43(46,47)48/h2-10,16-18,20,28-30,34-35,55H,11-15,19H2,1H3,(H,50,51). The van der Waals surface area contributed by atoms with Crippen LogP contribution >= 0.6 is 45.8 Å². The van der Waals surface area contributed by atoms with Crippen molar-refractivity contribution in [3.05, 3.63) is 115 Å². The molecule has 0 radical (unpaired) electrons. The Labute approximate surface area is 370 Å². The number of aromatic hydroxyl groups is 1. The highest BCUT2D eigenvalue weighted by Crippen LogP contribution is 2.65. The van der Waals surface area contributed by atoms with E-state index in [1.807, 2.05) is 40.8 Å². The Morgan fingerprint density at radius 2 is 1.62 bits per heavy atom. The Kier molecular flexibility index (Phi) is 10.5. The van der Waals surface area contributed by atoms with Gasteiger partial charge in [0.25, 0.3) is 11.8 Å². The number of benzene rings is 3. The van der Waals surface area contributed by atoms with E-state index in [-0.39, 0.29) is 36.1 Å². The van der Waals surface area contributed by atoms with Crippen LogP contribution in [0.3, 0.4) is 0 Å². The van der Waals surface area contributed by atoms with Gasteiger partial charge < -0.3 is 19.5 Å². The molecule has 2 aliphatic carbocycles. The number of morpholine rings is 1. The molecular formula is C43H35Cl2F3IN5O7. The van der Waals surface area contributed by atoms with Gasteiger partial charge in [-0.2, -0.15) is 18.2 Å². The number of alkyl halides is 3. The maximum atomic E-state index is 15.5. The Morgan fingerprint density at radius 3 is 2.28 bits per heavy atom. The molecule has 0 bridgehead atoms. The van der Waals surface area contributed by atoms with Gasteiger partial charge in [0.2, 0.25) is 11.8 Å². The number of rotatable bonds is 7. The third-order valence-corrected chi connectivity index (χ3v) is 14.0. The first-order chi connectivity index (χ1) is 29.1. The Hall–Kier alpha value is -4.91. The average molecular weight is 989 g/mol. The summed E-state index contributed by atoms with van der Waals surface area (Å²) in [6.07, 6.45) is -2.24. The molecule has 4 fully saturated rings. The topological polar surface area (TPSA) is 142 Å². The summed E-state index contributed by atoms with van der Waals surface area (Å²) in [6, 6.07) is 17.6. The number of hydrazine groups is 1. The molecule has 6 atom stereocenters.